The smallest absolute Gasteiger partial charge is 0.338 e. The van der Waals surface area contributed by atoms with E-state index < -0.39 is 103 Å². The molecule has 23 nitrogen and oxygen atoms in total. The van der Waals surface area contributed by atoms with Crippen molar-refractivity contribution in [3.63, 3.8) is 0 Å². The molecule has 2 N–H and O–H groups in total. The molecule has 5 aromatic carbocycles. The number of rotatable bonds is 26. The molecule has 2 aliphatic rings. The third-order valence-electron chi connectivity index (χ3n) is 16.3. The number of esters is 3. The molecule has 92 heavy (non-hydrogen) atoms. The number of H-pyrrole nitrogens is 1. The van der Waals surface area contributed by atoms with Crippen molar-refractivity contribution in [1.82, 2.24) is 29.1 Å². The summed E-state index contributed by atoms with van der Waals surface area (Å²) in [6.07, 6.45) is -2.36. The Labute approximate surface area is 535 Å². The summed E-state index contributed by atoms with van der Waals surface area (Å²) in [4.78, 5) is 108. The summed E-state index contributed by atoms with van der Waals surface area (Å²) >= 11 is 1.50. The van der Waals surface area contributed by atoms with Crippen LogP contribution >= 0.6 is 11.8 Å². The van der Waals surface area contributed by atoms with Crippen molar-refractivity contribution >= 4 is 77.1 Å². The van der Waals surface area contributed by atoms with Crippen LogP contribution in [0, 0.1) is 27.9 Å². The Kier molecular flexibility index (Phi) is 21.0. The zero-order chi connectivity index (χ0) is 65.1. The van der Waals surface area contributed by atoms with Gasteiger partial charge in [0.1, 0.15) is 6.61 Å². The number of hydrogen-bond acceptors (Lipinski definition) is 19. The second kappa shape index (κ2) is 29.4. The van der Waals surface area contributed by atoms with Gasteiger partial charge in [0, 0.05) is 61.9 Å². The number of amides is 1. The molecule has 0 spiro atoms. The first kappa shape index (κ1) is 65.8. The van der Waals surface area contributed by atoms with Crippen molar-refractivity contribution in [2.75, 3.05) is 36.6 Å². The SMILES string of the molecule is CC(=O)O[C@@H]1[C@H](CSCC[C@H]2O[C@@H](n3cnc4c(OCCc5ccc([N+](=O)[O-])cc5)nc(NC(=O)C(C)C)nc43)[C@H](OC(=O)c3ccccc3)[C@@H]2COC(=O)c2ccccc2)[C@@H](CCO[Si](c2ccccc2)(c2ccccc2)C(C)(C)C)O[C@H]1n1ccc(=O)[nH]c1=O. The van der Waals surface area contributed by atoms with Gasteiger partial charge < -0.3 is 32.8 Å². The molecular formula is C67H72N8O15SSi. The van der Waals surface area contributed by atoms with Gasteiger partial charge >= 0.3 is 23.6 Å². The van der Waals surface area contributed by atoms with Crippen LogP contribution in [0.3, 0.4) is 0 Å². The molecule has 480 valence electrons. The van der Waals surface area contributed by atoms with Crippen LogP contribution in [0.2, 0.25) is 5.04 Å². The second-order valence-electron chi connectivity index (χ2n) is 23.8. The van der Waals surface area contributed by atoms with Crippen LogP contribution in [-0.4, -0.2) is 122 Å². The molecule has 2 fully saturated rings. The van der Waals surface area contributed by atoms with Crippen molar-refractivity contribution in [2.24, 2.45) is 17.8 Å². The molecule has 2 aliphatic heterocycles. The summed E-state index contributed by atoms with van der Waals surface area (Å²) < 4.78 is 49.0. The predicted molar refractivity (Wildman–Crippen MR) is 345 cm³/mol. The number of imidazole rings is 1. The van der Waals surface area contributed by atoms with Gasteiger partial charge in [-0.25, -0.2) is 19.4 Å². The van der Waals surface area contributed by atoms with Crippen molar-refractivity contribution in [3.05, 3.63) is 212 Å². The molecule has 3 aromatic heterocycles. The number of nitrogens with one attached hydrogen (secondary N) is 2. The molecule has 0 aliphatic carbocycles. The first-order valence-electron chi connectivity index (χ1n) is 30.3. The number of hydrogen-bond donors (Lipinski definition) is 2. The van der Waals surface area contributed by atoms with Crippen molar-refractivity contribution in [3.8, 4) is 5.88 Å². The minimum Gasteiger partial charge on any atom is -0.476 e. The van der Waals surface area contributed by atoms with E-state index in [1.54, 1.807) is 91.2 Å². The van der Waals surface area contributed by atoms with Gasteiger partial charge in [0.25, 0.3) is 19.6 Å². The summed E-state index contributed by atoms with van der Waals surface area (Å²) in [6, 6.07) is 44.5. The Bertz CT molecular complexity index is 3950. The highest BCUT2D eigenvalue weighted by molar-refractivity contribution is 7.99. The molecule has 0 radical (unpaired) electrons. The van der Waals surface area contributed by atoms with E-state index in [0.29, 0.717) is 24.3 Å². The maximum Gasteiger partial charge on any atom is 0.338 e. The Morgan fingerprint density at radius 3 is 1.91 bits per heavy atom. The number of thioether (sulfide) groups is 1. The van der Waals surface area contributed by atoms with E-state index >= 15 is 0 Å². The standard InChI is InChI=1S/C67H72N8O15SSi/c1-42(2)59(78)71-65-70-58-55(60(72-65)84-36-32-44-27-29-47(30-28-44)75(82)83)68-41-74(58)62-56(90-64(80)46-21-13-8-14-22-46)50(39-85-63(79)45-19-11-7-12-20-45)53(89-62)34-38-91-40-51-52(88-61(57(51)87-43(3)76)73-35-31-54(77)69-66(73)81)33-37-86-92(67(4,5)6,48-23-15-9-16-24-48)49-25-17-10-18-26-49/h7-31,35,41-42,50-53,56-57,61-62H,32-34,36-40H2,1-6H3,(H,69,77,81)(H,70,71,72,78)/t50-,51-,52-,53-,56-,57-,61-,62-/m1/s1. The number of anilines is 1. The van der Waals surface area contributed by atoms with Crippen LogP contribution in [0.5, 0.6) is 5.88 Å². The van der Waals surface area contributed by atoms with Gasteiger partial charge in [0.15, 0.2) is 35.8 Å². The first-order valence-corrected chi connectivity index (χ1v) is 33.4. The van der Waals surface area contributed by atoms with Crippen molar-refractivity contribution < 1.29 is 56.9 Å². The van der Waals surface area contributed by atoms with Crippen molar-refractivity contribution in [1.29, 1.82) is 0 Å². The number of fused-ring (bicyclic) bond motifs is 1. The van der Waals surface area contributed by atoms with Gasteiger partial charge in [-0.1, -0.05) is 144 Å². The number of non-ortho nitro benzene ring substituents is 1. The highest BCUT2D eigenvalue weighted by Crippen LogP contribution is 2.44. The molecule has 1 amide bonds. The zero-order valence-electron chi connectivity index (χ0n) is 51.7. The summed E-state index contributed by atoms with van der Waals surface area (Å²) in [5.41, 5.74) is 0.139. The third kappa shape index (κ3) is 15.1. The fourth-order valence-electron chi connectivity index (χ4n) is 11.7. The molecule has 2 saturated heterocycles. The number of ether oxygens (including phenoxy) is 6. The minimum absolute atomic E-state index is 0.00434. The number of nitro groups is 1. The fraction of sp³-hybridized carbons (Fsp3) is 0.358. The Balaban J connectivity index is 0.975. The van der Waals surface area contributed by atoms with E-state index in [0.717, 1.165) is 15.9 Å². The lowest BCUT2D eigenvalue weighted by Crippen LogP contribution is -2.66. The second-order valence-corrected chi connectivity index (χ2v) is 29.2. The van der Waals surface area contributed by atoms with Crippen LogP contribution in [-0.2, 0) is 44.1 Å². The Morgan fingerprint density at radius 1 is 0.739 bits per heavy atom. The van der Waals surface area contributed by atoms with E-state index in [1.807, 2.05) is 36.4 Å². The maximum absolute atomic E-state index is 14.4. The molecule has 10 rings (SSSR count). The lowest BCUT2D eigenvalue weighted by atomic mass is 9.96. The van der Waals surface area contributed by atoms with Gasteiger partial charge in [0.05, 0.1) is 47.1 Å². The van der Waals surface area contributed by atoms with E-state index in [1.165, 1.54) is 54.0 Å². The third-order valence-corrected chi connectivity index (χ3v) is 22.5. The number of benzene rings is 5. The van der Waals surface area contributed by atoms with Crippen LogP contribution in [0.15, 0.2) is 174 Å². The van der Waals surface area contributed by atoms with E-state index in [-0.39, 0.29) is 71.1 Å². The average Bonchev–Trinajstić information content (AvgIpc) is 1.21. The number of aromatic amines is 1. The molecule has 8 atom stereocenters. The molecule has 25 heteroatoms. The predicted octanol–water partition coefficient (Wildman–Crippen LogP) is 8.63. The van der Waals surface area contributed by atoms with Gasteiger partial charge in [0.2, 0.25) is 17.7 Å². The van der Waals surface area contributed by atoms with Crippen LogP contribution < -0.4 is 31.7 Å². The normalized spacial score (nSPS) is 19.8. The summed E-state index contributed by atoms with van der Waals surface area (Å²) in [5, 5.41) is 15.9. The highest BCUT2D eigenvalue weighted by Gasteiger charge is 2.53. The topological polar surface area (TPSA) is 287 Å². The summed E-state index contributed by atoms with van der Waals surface area (Å²) in [6.45, 7) is 11.2. The lowest BCUT2D eigenvalue weighted by molar-refractivity contribution is -0.384. The Hall–Kier alpha value is -9.14. The van der Waals surface area contributed by atoms with Crippen LogP contribution in [0.25, 0.3) is 11.2 Å². The number of nitro benzene ring substituents is 1. The van der Waals surface area contributed by atoms with Gasteiger partial charge in [-0.05, 0) is 63.8 Å². The minimum atomic E-state index is -3.05. The summed E-state index contributed by atoms with van der Waals surface area (Å²) in [5.74, 6) is -3.65. The molecule has 0 unspecified atom stereocenters. The Morgan fingerprint density at radius 2 is 1.33 bits per heavy atom. The van der Waals surface area contributed by atoms with Gasteiger partial charge in [-0.3, -0.25) is 43.9 Å². The van der Waals surface area contributed by atoms with Crippen LogP contribution in [0.4, 0.5) is 11.6 Å². The quantitative estimate of drug-likeness (QED) is 0.0128. The summed E-state index contributed by atoms with van der Waals surface area (Å²) in [7, 11) is -3.05. The largest absolute Gasteiger partial charge is 0.476 e. The van der Waals surface area contributed by atoms with E-state index in [4.69, 9.17) is 42.8 Å². The lowest BCUT2D eigenvalue weighted by Gasteiger charge is -2.43. The molecule has 8 aromatic rings. The monoisotopic (exact) mass is 1290 g/mol. The number of carbonyl (C=O) groups is 4. The number of nitrogens with zero attached hydrogens (tertiary/aromatic N) is 6. The van der Waals surface area contributed by atoms with Crippen molar-refractivity contribution in [2.45, 2.75) is 103 Å². The number of aromatic nitrogens is 6. The zero-order valence-corrected chi connectivity index (χ0v) is 53.5. The van der Waals surface area contributed by atoms with Crippen LogP contribution in [0.1, 0.15) is 93.1 Å². The molecule has 5 heterocycles. The van der Waals surface area contributed by atoms with E-state index in [2.05, 4.69) is 60.3 Å². The molecular weight excluding hydrogens is 1220 g/mol. The van der Waals surface area contributed by atoms with E-state index in [9.17, 15) is 38.9 Å². The molecule has 0 bridgehead atoms. The van der Waals surface area contributed by atoms with Gasteiger partial charge in [-0.2, -0.15) is 21.7 Å². The highest BCUT2D eigenvalue weighted by atomic mass is 32.2. The molecule has 0 saturated carbocycles. The van der Waals surface area contributed by atoms with Gasteiger partial charge in [-0.15, -0.1) is 0 Å². The maximum atomic E-state index is 14.4. The number of carbonyl (C=O) groups excluding carboxylic acids is 4. The first-order chi connectivity index (χ1) is 44.3. The fourth-order valence-corrected chi connectivity index (χ4v) is 17.6. The average molecular weight is 1290 g/mol.